The van der Waals surface area contributed by atoms with Crippen LogP contribution in [0.3, 0.4) is 0 Å². The highest BCUT2D eigenvalue weighted by Gasteiger charge is 2.43. The van der Waals surface area contributed by atoms with E-state index in [1.54, 1.807) is 14.2 Å². The number of hydrogen-bond donors (Lipinski definition) is 0. The summed E-state index contributed by atoms with van der Waals surface area (Å²) in [5.41, 5.74) is 1.35. The first-order valence-corrected chi connectivity index (χ1v) is 7.75. The average Bonchev–Trinajstić information content (AvgIpc) is 2.91. The summed E-state index contributed by atoms with van der Waals surface area (Å²) in [6.07, 6.45) is 3.66. The maximum Gasteiger partial charge on any atom is 0.118 e. The minimum atomic E-state index is 0.0192. The van der Waals surface area contributed by atoms with E-state index in [4.69, 9.17) is 14.2 Å². The minimum absolute atomic E-state index is 0.0192. The zero-order valence-corrected chi connectivity index (χ0v) is 13.0. The molecule has 2 heterocycles. The molecule has 1 aromatic carbocycles. The Labute approximate surface area is 127 Å². The minimum Gasteiger partial charge on any atom is -0.497 e. The van der Waals surface area contributed by atoms with E-state index in [1.165, 1.54) is 12.0 Å². The lowest BCUT2D eigenvalue weighted by Crippen LogP contribution is -2.47. The normalized spacial score (nSPS) is 29.9. The predicted octanol–water partition coefficient (Wildman–Crippen LogP) is 2.47. The van der Waals surface area contributed by atoms with E-state index in [2.05, 4.69) is 17.0 Å². The summed E-state index contributed by atoms with van der Waals surface area (Å²) in [4.78, 5) is 2.50. The average molecular weight is 291 g/mol. The fraction of sp³-hybridized carbons (Fsp3) is 0.647. The van der Waals surface area contributed by atoms with Gasteiger partial charge in [-0.3, -0.25) is 4.90 Å². The van der Waals surface area contributed by atoms with Crippen molar-refractivity contribution in [1.29, 1.82) is 0 Å². The van der Waals surface area contributed by atoms with Crippen molar-refractivity contribution >= 4 is 0 Å². The van der Waals surface area contributed by atoms with Crippen molar-refractivity contribution in [1.82, 2.24) is 4.90 Å². The molecule has 21 heavy (non-hydrogen) atoms. The molecule has 116 valence electrons. The van der Waals surface area contributed by atoms with Crippen LogP contribution in [0.1, 0.15) is 24.8 Å². The van der Waals surface area contributed by atoms with Crippen LogP contribution >= 0.6 is 0 Å². The third-order valence-corrected chi connectivity index (χ3v) is 4.69. The van der Waals surface area contributed by atoms with Crippen molar-refractivity contribution in [3.8, 4) is 5.75 Å². The Kier molecular flexibility index (Phi) is 4.48. The molecule has 1 spiro atoms. The van der Waals surface area contributed by atoms with Gasteiger partial charge < -0.3 is 14.2 Å². The number of likely N-dealkylation sites (tertiary alicyclic amines) is 1. The first-order chi connectivity index (χ1) is 10.2. The molecule has 0 bridgehead atoms. The van der Waals surface area contributed by atoms with E-state index < -0.39 is 0 Å². The van der Waals surface area contributed by atoms with Gasteiger partial charge >= 0.3 is 0 Å². The third kappa shape index (κ3) is 3.39. The summed E-state index contributed by atoms with van der Waals surface area (Å²) in [6.45, 7) is 3.88. The van der Waals surface area contributed by atoms with Crippen molar-refractivity contribution in [2.75, 3.05) is 33.9 Å². The largest absolute Gasteiger partial charge is 0.497 e. The van der Waals surface area contributed by atoms with Gasteiger partial charge in [0.05, 0.1) is 25.4 Å². The number of nitrogens with zero attached hydrogens (tertiary/aromatic N) is 1. The van der Waals surface area contributed by atoms with Gasteiger partial charge in [-0.05, 0) is 37.1 Å². The van der Waals surface area contributed by atoms with Crippen LogP contribution in [0.5, 0.6) is 5.75 Å². The molecule has 0 radical (unpaired) electrons. The zero-order valence-electron chi connectivity index (χ0n) is 13.0. The smallest absolute Gasteiger partial charge is 0.118 e. The highest BCUT2D eigenvalue weighted by atomic mass is 16.6. The maximum absolute atomic E-state index is 6.10. The Bertz CT molecular complexity index is 462. The molecule has 2 fully saturated rings. The van der Waals surface area contributed by atoms with Crippen LogP contribution in [0, 0.1) is 0 Å². The monoisotopic (exact) mass is 291 g/mol. The van der Waals surface area contributed by atoms with Crippen molar-refractivity contribution in [2.45, 2.75) is 37.5 Å². The molecular formula is C17H25NO3. The van der Waals surface area contributed by atoms with Gasteiger partial charge in [-0.15, -0.1) is 0 Å². The van der Waals surface area contributed by atoms with Crippen LogP contribution in [0.25, 0.3) is 0 Å². The Morgan fingerprint density at radius 1 is 1.29 bits per heavy atom. The predicted molar refractivity (Wildman–Crippen MR) is 81.6 cm³/mol. The number of hydrogen-bond acceptors (Lipinski definition) is 4. The molecule has 0 N–H and O–H groups in total. The molecule has 4 nitrogen and oxygen atoms in total. The van der Waals surface area contributed by atoms with Gasteiger partial charge in [-0.25, -0.2) is 0 Å². The van der Waals surface area contributed by atoms with Gasteiger partial charge in [0, 0.05) is 26.6 Å². The Balaban J connectivity index is 1.61. The Morgan fingerprint density at radius 2 is 2.10 bits per heavy atom. The van der Waals surface area contributed by atoms with E-state index >= 15 is 0 Å². The van der Waals surface area contributed by atoms with Gasteiger partial charge in [0.15, 0.2) is 0 Å². The first-order valence-electron chi connectivity index (χ1n) is 7.75. The van der Waals surface area contributed by atoms with E-state index in [0.29, 0.717) is 0 Å². The third-order valence-electron chi connectivity index (χ3n) is 4.69. The molecule has 0 saturated carbocycles. The van der Waals surface area contributed by atoms with Crippen LogP contribution in [0.4, 0.5) is 0 Å². The lowest BCUT2D eigenvalue weighted by Gasteiger charge is -2.39. The van der Waals surface area contributed by atoms with Crippen molar-refractivity contribution < 1.29 is 14.2 Å². The molecule has 0 amide bonds. The molecule has 0 aromatic heterocycles. The molecule has 2 aliphatic heterocycles. The molecule has 0 aliphatic carbocycles. The van der Waals surface area contributed by atoms with E-state index in [0.717, 1.165) is 44.8 Å². The summed E-state index contributed by atoms with van der Waals surface area (Å²) < 4.78 is 16.8. The molecule has 1 aromatic rings. The van der Waals surface area contributed by atoms with E-state index in [-0.39, 0.29) is 11.7 Å². The van der Waals surface area contributed by atoms with Gasteiger partial charge in [0.1, 0.15) is 5.75 Å². The molecule has 2 atom stereocenters. The topological polar surface area (TPSA) is 30.9 Å². The Hall–Kier alpha value is -1.10. The highest BCUT2D eigenvalue weighted by Crippen LogP contribution is 2.36. The fourth-order valence-corrected chi connectivity index (χ4v) is 3.55. The summed E-state index contributed by atoms with van der Waals surface area (Å²) in [6, 6.07) is 8.35. The summed E-state index contributed by atoms with van der Waals surface area (Å²) in [7, 11) is 3.48. The van der Waals surface area contributed by atoms with Gasteiger partial charge in [0.25, 0.3) is 0 Å². The second-order valence-corrected chi connectivity index (χ2v) is 6.22. The first kappa shape index (κ1) is 14.8. The van der Waals surface area contributed by atoms with Crippen LogP contribution in [0.15, 0.2) is 24.3 Å². The van der Waals surface area contributed by atoms with Crippen LogP contribution in [-0.2, 0) is 16.0 Å². The number of ether oxygens (including phenoxy) is 3. The van der Waals surface area contributed by atoms with Crippen molar-refractivity contribution in [2.24, 2.45) is 0 Å². The number of benzene rings is 1. The molecule has 2 aliphatic rings. The second-order valence-electron chi connectivity index (χ2n) is 6.22. The second kappa shape index (κ2) is 6.34. The molecular weight excluding hydrogens is 266 g/mol. The molecule has 2 saturated heterocycles. The quantitative estimate of drug-likeness (QED) is 0.853. The lowest BCUT2D eigenvalue weighted by molar-refractivity contribution is -0.0542. The number of piperidine rings is 1. The van der Waals surface area contributed by atoms with E-state index in [9.17, 15) is 0 Å². The van der Waals surface area contributed by atoms with Crippen LogP contribution < -0.4 is 4.74 Å². The van der Waals surface area contributed by atoms with E-state index in [1.807, 2.05) is 12.1 Å². The molecule has 4 heteroatoms. The lowest BCUT2D eigenvalue weighted by atomic mass is 9.89. The molecule has 0 unspecified atom stereocenters. The number of rotatable bonds is 4. The standard InChI is InChI=1S/C17H25NO3/c1-19-15-6-4-14(5-7-15)11-18-9-3-8-17(13-18)10-16(20-2)12-21-17/h4-7,16H,3,8-13H2,1-2H3/t16-,17+/m1/s1. The summed E-state index contributed by atoms with van der Waals surface area (Å²) in [5, 5.41) is 0. The molecule has 3 rings (SSSR count). The zero-order chi connectivity index (χ0) is 14.7. The highest BCUT2D eigenvalue weighted by molar-refractivity contribution is 5.27. The van der Waals surface area contributed by atoms with Crippen LogP contribution in [0.2, 0.25) is 0 Å². The SMILES string of the molecule is COc1ccc(CN2CCC[C@]3(C[C@@H](OC)CO3)C2)cc1. The summed E-state index contributed by atoms with van der Waals surface area (Å²) in [5.74, 6) is 0.913. The Morgan fingerprint density at radius 3 is 2.76 bits per heavy atom. The van der Waals surface area contributed by atoms with Crippen molar-refractivity contribution in [3.05, 3.63) is 29.8 Å². The maximum atomic E-state index is 6.10. The van der Waals surface area contributed by atoms with Gasteiger partial charge in [-0.2, -0.15) is 0 Å². The fourth-order valence-electron chi connectivity index (χ4n) is 3.55. The number of methoxy groups -OCH3 is 2. The van der Waals surface area contributed by atoms with Gasteiger partial charge in [-0.1, -0.05) is 12.1 Å². The summed E-state index contributed by atoms with van der Waals surface area (Å²) >= 11 is 0. The van der Waals surface area contributed by atoms with Gasteiger partial charge in [0.2, 0.25) is 0 Å². The van der Waals surface area contributed by atoms with Crippen LogP contribution in [-0.4, -0.2) is 50.5 Å². The van der Waals surface area contributed by atoms with Crippen molar-refractivity contribution in [3.63, 3.8) is 0 Å².